The fourth-order valence-electron chi connectivity index (χ4n) is 3.09. The molecule has 1 aliphatic rings. The van der Waals surface area contributed by atoms with Crippen molar-refractivity contribution in [3.05, 3.63) is 34.4 Å². The average molecular weight is 368 g/mol. The van der Waals surface area contributed by atoms with Crippen LogP contribution in [0.2, 0.25) is 0 Å². The van der Waals surface area contributed by atoms with E-state index in [9.17, 15) is 13.2 Å². The predicted octanol–water partition coefficient (Wildman–Crippen LogP) is 1.50. The lowest BCUT2D eigenvalue weighted by atomic mass is 9.98. The zero-order valence-corrected chi connectivity index (χ0v) is 16.7. The number of hydrogen-bond acceptors (Lipinski definition) is 3. The number of aryl methyl sites for hydroxylation is 3. The van der Waals surface area contributed by atoms with E-state index in [0.29, 0.717) is 39.0 Å². The van der Waals surface area contributed by atoms with E-state index in [4.69, 9.17) is 0 Å². The highest BCUT2D eigenvalue weighted by atomic mass is 32.2. The number of carbonyl (C=O) groups is 1. The van der Waals surface area contributed by atoms with Gasteiger partial charge < -0.3 is 4.90 Å². The molecule has 0 spiro atoms. The minimum atomic E-state index is -3.42. The Morgan fingerprint density at radius 2 is 1.64 bits per heavy atom. The van der Waals surface area contributed by atoms with Crippen LogP contribution in [0, 0.1) is 20.8 Å². The van der Waals surface area contributed by atoms with E-state index in [1.54, 1.807) is 4.90 Å². The van der Waals surface area contributed by atoms with Gasteiger partial charge in [0.05, 0.1) is 6.42 Å². The van der Waals surface area contributed by atoms with Crippen LogP contribution in [-0.4, -0.2) is 68.1 Å². The van der Waals surface area contributed by atoms with E-state index >= 15 is 0 Å². The van der Waals surface area contributed by atoms with Crippen LogP contribution in [-0.2, 0) is 21.4 Å². The summed E-state index contributed by atoms with van der Waals surface area (Å²) in [5.41, 5.74) is 4.60. The first kappa shape index (κ1) is 19.9. The van der Waals surface area contributed by atoms with Crippen molar-refractivity contribution in [2.45, 2.75) is 33.6 Å². The van der Waals surface area contributed by atoms with Crippen molar-refractivity contribution in [2.75, 3.05) is 40.3 Å². The van der Waals surface area contributed by atoms with Crippen LogP contribution in [0.25, 0.3) is 0 Å². The van der Waals surface area contributed by atoms with Gasteiger partial charge in [0.2, 0.25) is 5.91 Å². The molecule has 0 radical (unpaired) electrons. The summed E-state index contributed by atoms with van der Waals surface area (Å²) in [6.07, 6.45) is 1.03. The normalized spacial score (nSPS) is 17.0. The Morgan fingerprint density at radius 3 is 2.28 bits per heavy atom. The lowest BCUT2D eigenvalue weighted by Gasteiger charge is -2.24. The molecule has 1 heterocycles. The van der Waals surface area contributed by atoms with Gasteiger partial charge in [0.25, 0.3) is 10.2 Å². The minimum Gasteiger partial charge on any atom is -0.341 e. The third-order valence-corrected chi connectivity index (χ3v) is 6.83. The van der Waals surface area contributed by atoms with Gasteiger partial charge >= 0.3 is 0 Å². The van der Waals surface area contributed by atoms with Crippen molar-refractivity contribution in [2.24, 2.45) is 0 Å². The molecule has 0 unspecified atom stereocenters. The van der Waals surface area contributed by atoms with Crippen molar-refractivity contribution in [3.8, 4) is 0 Å². The Balaban J connectivity index is 2.05. The molecular weight excluding hydrogens is 338 g/mol. The van der Waals surface area contributed by atoms with E-state index in [1.807, 2.05) is 6.92 Å². The van der Waals surface area contributed by atoms with Gasteiger partial charge in [-0.1, -0.05) is 12.1 Å². The molecule has 1 fully saturated rings. The quantitative estimate of drug-likeness (QED) is 0.810. The monoisotopic (exact) mass is 367 g/mol. The summed E-state index contributed by atoms with van der Waals surface area (Å²) in [7, 11) is -0.353. The van der Waals surface area contributed by atoms with E-state index in [1.165, 1.54) is 33.8 Å². The Morgan fingerprint density at radius 1 is 1.00 bits per heavy atom. The van der Waals surface area contributed by atoms with Crippen molar-refractivity contribution >= 4 is 16.1 Å². The van der Waals surface area contributed by atoms with Gasteiger partial charge in [-0.05, 0) is 49.4 Å². The minimum absolute atomic E-state index is 0.0652. The summed E-state index contributed by atoms with van der Waals surface area (Å²) >= 11 is 0. The summed E-state index contributed by atoms with van der Waals surface area (Å²) in [5.74, 6) is 0.0652. The molecule has 6 nitrogen and oxygen atoms in total. The highest BCUT2D eigenvalue weighted by molar-refractivity contribution is 7.86. The van der Waals surface area contributed by atoms with Crippen LogP contribution in [0.15, 0.2) is 12.1 Å². The molecule has 0 aliphatic carbocycles. The SMILES string of the molecule is Cc1cc(C)c(CC(=O)N2CCCN(S(=O)(=O)N(C)C)CC2)cc1C. The molecule has 0 atom stereocenters. The van der Waals surface area contributed by atoms with E-state index in [2.05, 4.69) is 26.0 Å². The van der Waals surface area contributed by atoms with Crippen molar-refractivity contribution in [3.63, 3.8) is 0 Å². The van der Waals surface area contributed by atoms with Crippen molar-refractivity contribution < 1.29 is 13.2 Å². The van der Waals surface area contributed by atoms with Crippen LogP contribution in [0.4, 0.5) is 0 Å². The van der Waals surface area contributed by atoms with Gasteiger partial charge in [0.1, 0.15) is 0 Å². The van der Waals surface area contributed by atoms with Gasteiger partial charge in [0, 0.05) is 40.3 Å². The number of rotatable bonds is 4. The lowest BCUT2D eigenvalue weighted by Crippen LogP contribution is -2.42. The Labute approximate surface area is 151 Å². The van der Waals surface area contributed by atoms with Crippen molar-refractivity contribution in [1.82, 2.24) is 13.5 Å². The van der Waals surface area contributed by atoms with Crippen molar-refractivity contribution in [1.29, 1.82) is 0 Å². The van der Waals surface area contributed by atoms with Gasteiger partial charge in [0.15, 0.2) is 0 Å². The summed E-state index contributed by atoms with van der Waals surface area (Å²) in [6.45, 7) is 7.99. The standard InChI is InChI=1S/C18H29N3O3S/c1-14-11-16(3)17(12-15(14)2)13-18(22)20-7-6-8-21(10-9-20)25(23,24)19(4)5/h11-12H,6-10,13H2,1-5H3. The molecular formula is C18H29N3O3S. The van der Waals surface area contributed by atoms with E-state index in [0.717, 1.165) is 11.1 Å². The first-order chi connectivity index (χ1) is 11.6. The highest BCUT2D eigenvalue weighted by Crippen LogP contribution is 2.17. The summed E-state index contributed by atoms with van der Waals surface area (Å²) < 4.78 is 27.2. The molecule has 1 aromatic rings. The fraction of sp³-hybridized carbons (Fsp3) is 0.611. The molecule has 0 N–H and O–H groups in total. The number of amides is 1. The van der Waals surface area contributed by atoms with Gasteiger partial charge in [-0.25, -0.2) is 0 Å². The first-order valence-electron chi connectivity index (χ1n) is 8.65. The second kappa shape index (κ2) is 7.85. The molecule has 1 amide bonds. The molecule has 0 saturated carbocycles. The summed E-state index contributed by atoms with van der Waals surface area (Å²) in [5, 5.41) is 0. The first-order valence-corrected chi connectivity index (χ1v) is 10.0. The average Bonchev–Trinajstić information content (AvgIpc) is 2.78. The molecule has 1 aliphatic heterocycles. The molecule has 140 valence electrons. The molecule has 1 saturated heterocycles. The number of carbonyl (C=O) groups excluding carboxylic acids is 1. The third kappa shape index (κ3) is 4.59. The predicted molar refractivity (Wildman–Crippen MR) is 99.7 cm³/mol. The molecule has 7 heteroatoms. The maximum Gasteiger partial charge on any atom is 0.281 e. The molecule has 25 heavy (non-hydrogen) atoms. The lowest BCUT2D eigenvalue weighted by molar-refractivity contribution is -0.130. The number of benzene rings is 1. The van der Waals surface area contributed by atoms with Crippen LogP contribution in [0.1, 0.15) is 28.7 Å². The Kier molecular flexibility index (Phi) is 6.24. The highest BCUT2D eigenvalue weighted by Gasteiger charge is 2.28. The van der Waals surface area contributed by atoms with E-state index < -0.39 is 10.2 Å². The topological polar surface area (TPSA) is 60.9 Å². The van der Waals surface area contributed by atoms with Gasteiger partial charge in [-0.15, -0.1) is 0 Å². The number of nitrogens with zero attached hydrogens (tertiary/aromatic N) is 3. The van der Waals surface area contributed by atoms with Crippen LogP contribution in [0.5, 0.6) is 0 Å². The Hall–Kier alpha value is -1.44. The maximum atomic E-state index is 12.7. The second-order valence-electron chi connectivity index (χ2n) is 6.96. The fourth-order valence-corrected chi connectivity index (χ4v) is 4.22. The van der Waals surface area contributed by atoms with Crippen LogP contribution < -0.4 is 0 Å². The van der Waals surface area contributed by atoms with Crippen LogP contribution >= 0.6 is 0 Å². The summed E-state index contributed by atoms with van der Waals surface area (Å²) in [6, 6.07) is 4.20. The molecule has 1 aromatic carbocycles. The number of hydrogen-bond donors (Lipinski definition) is 0. The van der Waals surface area contributed by atoms with Gasteiger partial charge in [-0.2, -0.15) is 17.0 Å². The smallest absolute Gasteiger partial charge is 0.281 e. The largest absolute Gasteiger partial charge is 0.341 e. The molecule has 0 bridgehead atoms. The molecule has 0 aromatic heterocycles. The van der Waals surface area contributed by atoms with E-state index in [-0.39, 0.29) is 5.91 Å². The maximum absolute atomic E-state index is 12.7. The van der Waals surface area contributed by atoms with Crippen LogP contribution in [0.3, 0.4) is 0 Å². The third-order valence-electron chi connectivity index (χ3n) is 4.89. The summed E-state index contributed by atoms with van der Waals surface area (Å²) in [4.78, 5) is 14.5. The Bertz CT molecular complexity index is 744. The van der Waals surface area contributed by atoms with Gasteiger partial charge in [-0.3, -0.25) is 4.79 Å². The zero-order valence-electron chi connectivity index (χ0n) is 15.9. The second-order valence-corrected chi connectivity index (χ2v) is 9.11. The molecule has 2 rings (SSSR count). The zero-order chi connectivity index (χ0) is 18.8.